The Bertz CT molecular complexity index is 899. The second kappa shape index (κ2) is 8.87. The summed E-state index contributed by atoms with van der Waals surface area (Å²) in [5.41, 5.74) is 2.24. The van der Waals surface area contributed by atoms with Crippen molar-refractivity contribution in [3.63, 3.8) is 0 Å². The van der Waals surface area contributed by atoms with Crippen molar-refractivity contribution < 1.29 is 23.9 Å². The normalized spacial score (nSPS) is 14.1. The van der Waals surface area contributed by atoms with E-state index in [4.69, 9.17) is 9.47 Å². The van der Waals surface area contributed by atoms with E-state index in [9.17, 15) is 14.4 Å². The van der Waals surface area contributed by atoms with Gasteiger partial charge in [-0.3, -0.25) is 4.79 Å². The maximum atomic E-state index is 12.6. The minimum atomic E-state index is -0.983. The fourth-order valence-corrected chi connectivity index (χ4v) is 5.22. The van der Waals surface area contributed by atoms with E-state index < -0.39 is 23.9 Å². The zero-order valence-electron chi connectivity index (χ0n) is 16.1. The Morgan fingerprint density at radius 2 is 1.96 bits per heavy atom. The summed E-state index contributed by atoms with van der Waals surface area (Å²) in [6.07, 6.45) is 2.79. The fraction of sp³-hybridized carbons (Fsp3) is 0.450. The minimum Gasteiger partial charge on any atom is -0.462 e. The van der Waals surface area contributed by atoms with Crippen molar-refractivity contribution in [2.45, 2.75) is 52.6 Å². The third-order valence-electron chi connectivity index (χ3n) is 4.59. The predicted molar refractivity (Wildman–Crippen MR) is 109 cm³/mol. The SMILES string of the molecule is CCOC(=O)c1c(NC(=O)C(C)OC(=O)c2sccc2C)sc2c1CCCC2. The number of carbonyl (C=O) groups is 3. The number of rotatable bonds is 6. The van der Waals surface area contributed by atoms with Crippen LogP contribution in [0.4, 0.5) is 5.00 Å². The second-order valence-electron chi connectivity index (χ2n) is 6.61. The number of thiophene rings is 2. The molecule has 0 saturated carbocycles. The van der Waals surface area contributed by atoms with Crippen LogP contribution in [0.1, 0.15) is 62.7 Å². The van der Waals surface area contributed by atoms with E-state index in [2.05, 4.69) is 5.32 Å². The maximum Gasteiger partial charge on any atom is 0.349 e. The van der Waals surface area contributed by atoms with Gasteiger partial charge in [0.25, 0.3) is 5.91 Å². The summed E-state index contributed by atoms with van der Waals surface area (Å²) in [4.78, 5) is 38.9. The molecule has 0 saturated heterocycles. The Morgan fingerprint density at radius 3 is 2.64 bits per heavy atom. The van der Waals surface area contributed by atoms with Crippen LogP contribution >= 0.6 is 22.7 Å². The van der Waals surface area contributed by atoms with E-state index in [0.29, 0.717) is 15.4 Å². The molecule has 2 aromatic heterocycles. The van der Waals surface area contributed by atoms with Crippen LogP contribution in [0.15, 0.2) is 11.4 Å². The molecule has 1 N–H and O–H groups in total. The predicted octanol–water partition coefficient (Wildman–Crippen LogP) is 4.36. The molecule has 1 aliphatic rings. The highest BCUT2D eigenvalue weighted by molar-refractivity contribution is 7.17. The van der Waals surface area contributed by atoms with E-state index in [1.807, 2.05) is 13.0 Å². The lowest BCUT2D eigenvalue weighted by Gasteiger charge is -2.14. The summed E-state index contributed by atoms with van der Waals surface area (Å²) in [7, 11) is 0. The lowest BCUT2D eigenvalue weighted by Crippen LogP contribution is -2.30. The summed E-state index contributed by atoms with van der Waals surface area (Å²) in [5, 5.41) is 5.06. The molecular weight excluding hydrogens is 398 g/mol. The first-order valence-electron chi connectivity index (χ1n) is 9.30. The summed E-state index contributed by atoms with van der Waals surface area (Å²) < 4.78 is 10.5. The van der Waals surface area contributed by atoms with Gasteiger partial charge in [-0.25, -0.2) is 9.59 Å². The number of esters is 2. The van der Waals surface area contributed by atoms with Crippen molar-refractivity contribution in [3.8, 4) is 0 Å². The smallest absolute Gasteiger partial charge is 0.349 e. The van der Waals surface area contributed by atoms with Gasteiger partial charge in [0, 0.05) is 4.88 Å². The van der Waals surface area contributed by atoms with E-state index in [1.54, 1.807) is 12.3 Å². The molecule has 1 amide bonds. The molecule has 0 bridgehead atoms. The quantitative estimate of drug-likeness (QED) is 0.701. The molecule has 0 aromatic carbocycles. The molecule has 8 heteroatoms. The second-order valence-corrected chi connectivity index (χ2v) is 8.63. The number of hydrogen-bond donors (Lipinski definition) is 1. The third kappa shape index (κ3) is 4.28. The molecule has 1 unspecified atom stereocenters. The molecular formula is C20H23NO5S2. The van der Waals surface area contributed by atoms with Crippen LogP contribution in [0, 0.1) is 6.92 Å². The van der Waals surface area contributed by atoms with Crippen molar-refractivity contribution in [3.05, 3.63) is 37.9 Å². The number of carbonyl (C=O) groups excluding carboxylic acids is 3. The van der Waals surface area contributed by atoms with Crippen LogP contribution in [0.2, 0.25) is 0 Å². The number of fused-ring (bicyclic) bond motifs is 1. The average Bonchev–Trinajstić information content (AvgIpc) is 3.24. The van der Waals surface area contributed by atoms with Crippen LogP contribution in [0.5, 0.6) is 0 Å². The van der Waals surface area contributed by atoms with Crippen molar-refractivity contribution in [2.24, 2.45) is 0 Å². The summed E-state index contributed by atoms with van der Waals surface area (Å²) >= 11 is 2.69. The van der Waals surface area contributed by atoms with E-state index >= 15 is 0 Å². The molecule has 6 nitrogen and oxygen atoms in total. The molecule has 28 heavy (non-hydrogen) atoms. The zero-order chi connectivity index (χ0) is 20.3. The van der Waals surface area contributed by atoms with Gasteiger partial charge in [0.2, 0.25) is 0 Å². The van der Waals surface area contributed by atoms with Gasteiger partial charge in [0.1, 0.15) is 9.88 Å². The Morgan fingerprint density at radius 1 is 1.21 bits per heavy atom. The van der Waals surface area contributed by atoms with E-state index in [1.165, 1.54) is 29.6 Å². The first kappa shape index (κ1) is 20.5. The molecule has 2 heterocycles. The highest BCUT2D eigenvalue weighted by atomic mass is 32.1. The van der Waals surface area contributed by atoms with Crippen LogP contribution in [-0.2, 0) is 27.1 Å². The largest absolute Gasteiger partial charge is 0.462 e. The van der Waals surface area contributed by atoms with Crippen LogP contribution < -0.4 is 5.32 Å². The first-order valence-corrected chi connectivity index (χ1v) is 11.0. The number of nitrogens with one attached hydrogen (secondary N) is 1. The van der Waals surface area contributed by atoms with Gasteiger partial charge in [-0.1, -0.05) is 0 Å². The van der Waals surface area contributed by atoms with Gasteiger partial charge in [0.05, 0.1) is 12.2 Å². The monoisotopic (exact) mass is 421 g/mol. The van der Waals surface area contributed by atoms with E-state index in [0.717, 1.165) is 41.7 Å². The summed E-state index contributed by atoms with van der Waals surface area (Å²) in [6.45, 7) is 5.36. The Labute approximate surface area is 171 Å². The Balaban J connectivity index is 1.76. The molecule has 1 atom stereocenters. The summed E-state index contributed by atoms with van der Waals surface area (Å²) in [6, 6.07) is 1.83. The molecule has 2 aromatic rings. The number of hydrogen-bond acceptors (Lipinski definition) is 7. The number of ether oxygens (including phenoxy) is 2. The van der Waals surface area contributed by atoms with Crippen LogP contribution in [-0.4, -0.2) is 30.6 Å². The lowest BCUT2D eigenvalue weighted by atomic mass is 9.95. The fourth-order valence-electron chi connectivity index (χ4n) is 3.14. The van der Waals surface area contributed by atoms with Crippen molar-refractivity contribution in [1.29, 1.82) is 0 Å². The maximum absolute atomic E-state index is 12.6. The van der Waals surface area contributed by atoms with Crippen molar-refractivity contribution in [1.82, 2.24) is 0 Å². The van der Waals surface area contributed by atoms with Gasteiger partial charge >= 0.3 is 11.9 Å². The third-order valence-corrected chi connectivity index (χ3v) is 6.79. The zero-order valence-corrected chi connectivity index (χ0v) is 17.8. The Kier molecular flexibility index (Phi) is 6.51. The summed E-state index contributed by atoms with van der Waals surface area (Å²) in [5.74, 6) is -1.41. The number of anilines is 1. The number of aryl methyl sites for hydroxylation is 2. The van der Waals surface area contributed by atoms with Gasteiger partial charge in [0.15, 0.2) is 6.10 Å². The van der Waals surface area contributed by atoms with Crippen molar-refractivity contribution in [2.75, 3.05) is 11.9 Å². The first-order chi connectivity index (χ1) is 13.4. The van der Waals surface area contributed by atoms with Gasteiger partial charge < -0.3 is 14.8 Å². The molecule has 3 rings (SSSR count). The van der Waals surface area contributed by atoms with Gasteiger partial charge in [-0.05, 0) is 69.0 Å². The van der Waals surface area contributed by atoms with Crippen molar-refractivity contribution >= 4 is 45.5 Å². The van der Waals surface area contributed by atoms with Crippen LogP contribution in [0.25, 0.3) is 0 Å². The minimum absolute atomic E-state index is 0.269. The Hall–Kier alpha value is -2.19. The van der Waals surface area contributed by atoms with Gasteiger partial charge in [-0.2, -0.15) is 0 Å². The molecule has 1 aliphatic carbocycles. The highest BCUT2D eigenvalue weighted by Crippen LogP contribution is 2.38. The number of amides is 1. The molecule has 0 radical (unpaired) electrons. The average molecular weight is 422 g/mol. The molecule has 0 aliphatic heterocycles. The van der Waals surface area contributed by atoms with Crippen LogP contribution in [0.3, 0.4) is 0 Å². The molecule has 0 fully saturated rings. The molecule has 0 spiro atoms. The topological polar surface area (TPSA) is 81.7 Å². The highest BCUT2D eigenvalue weighted by Gasteiger charge is 2.29. The standard InChI is InChI=1S/C20H23NO5S2/c1-4-25-19(23)15-13-7-5-6-8-14(13)28-18(15)21-17(22)12(3)26-20(24)16-11(2)9-10-27-16/h9-10,12H,4-8H2,1-3H3,(H,21,22). The van der Waals surface area contributed by atoms with E-state index in [-0.39, 0.29) is 6.61 Å². The van der Waals surface area contributed by atoms with Gasteiger partial charge in [-0.15, -0.1) is 22.7 Å². The lowest BCUT2D eigenvalue weighted by molar-refractivity contribution is -0.123. The molecule has 150 valence electrons.